The molecule has 0 saturated carbocycles. The molecule has 1 N–H and O–H groups in total. The first-order valence-corrected chi connectivity index (χ1v) is 4.35. The predicted octanol–water partition coefficient (Wildman–Crippen LogP) is 2.13. The molecule has 1 aromatic carbocycles. The molecule has 0 bridgehead atoms. The zero-order valence-corrected chi connectivity index (χ0v) is 7.82. The molecule has 1 aromatic heterocycles. The van der Waals surface area contributed by atoms with Crippen LogP contribution in [0.1, 0.15) is 0 Å². The molecule has 0 saturated heterocycles. The van der Waals surface area contributed by atoms with E-state index in [-0.39, 0.29) is 0 Å². The Balaban J connectivity index is 2.80. The average Bonchev–Trinajstić information content (AvgIpc) is 2.03. The third kappa shape index (κ3) is 1.28. The molecule has 2 aromatic rings. The van der Waals surface area contributed by atoms with E-state index in [2.05, 4.69) is 15.9 Å². The van der Waals surface area contributed by atoms with Gasteiger partial charge in [-0.1, -0.05) is 22.0 Å². The summed E-state index contributed by atoms with van der Waals surface area (Å²) >= 11 is 3.37. The average molecular weight is 225 g/mol. The minimum atomic E-state index is 1.01. The van der Waals surface area contributed by atoms with E-state index in [4.69, 9.17) is 5.21 Å². The van der Waals surface area contributed by atoms with E-state index < -0.39 is 0 Å². The van der Waals surface area contributed by atoms with E-state index in [1.807, 2.05) is 24.3 Å². The second-order valence-electron chi connectivity index (χ2n) is 2.60. The second kappa shape index (κ2) is 2.75. The Morgan fingerprint density at radius 2 is 2.00 bits per heavy atom. The highest BCUT2D eigenvalue weighted by Gasteiger charge is 2.00. The Labute approximate surface area is 78.2 Å². The number of benzene rings is 1. The topological polar surface area (TPSA) is 24.1 Å². The summed E-state index contributed by atoms with van der Waals surface area (Å²) in [5.74, 6) is 0. The first-order valence-electron chi connectivity index (χ1n) is 3.55. The van der Waals surface area contributed by atoms with Gasteiger partial charge in [0.1, 0.15) is 0 Å². The molecule has 0 radical (unpaired) electrons. The van der Waals surface area contributed by atoms with Gasteiger partial charge in [0.25, 0.3) is 0 Å². The third-order valence-electron chi connectivity index (χ3n) is 1.73. The van der Waals surface area contributed by atoms with Crippen LogP contribution in [0.2, 0.25) is 0 Å². The summed E-state index contributed by atoms with van der Waals surface area (Å²) in [5, 5.41) is 11.2. The van der Waals surface area contributed by atoms with Crippen LogP contribution >= 0.6 is 15.9 Å². The van der Waals surface area contributed by atoms with Crippen molar-refractivity contribution in [1.82, 2.24) is 0 Å². The molecule has 0 spiro atoms. The maximum atomic E-state index is 9.12. The summed E-state index contributed by atoms with van der Waals surface area (Å²) in [6, 6.07) is 7.80. The van der Waals surface area contributed by atoms with E-state index in [1.165, 1.54) is 0 Å². The molecule has 3 heteroatoms. The van der Waals surface area contributed by atoms with Gasteiger partial charge in [-0.25, -0.2) is 0 Å². The molecule has 0 aliphatic rings. The van der Waals surface area contributed by atoms with Gasteiger partial charge >= 0.3 is 0 Å². The number of aromatic nitrogens is 1. The van der Waals surface area contributed by atoms with E-state index in [0.29, 0.717) is 0 Å². The molecule has 12 heavy (non-hydrogen) atoms. The number of nitrogens with zero attached hydrogens (tertiary/aromatic N) is 1. The van der Waals surface area contributed by atoms with Gasteiger partial charge in [0.15, 0.2) is 0 Å². The molecule has 0 aliphatic heterocycles. The molecule has 0 aliphatic carbocycles. The van der Waals surface area contributed by atoms with E-state index >= 15 is 0 Å². The Kier molecular flexibility index (Phi) is 1.73. The summed E-state index contributed by atoms with van der Waals surface area (Å²) in [4.78, 5) is 0. The van der Waals surface area contributed by atoms with Gasteiger partial charge in [0.05, 0.1) is 5.39 Å². The van der Waals surface area contributed by atoms with Crippen LogP contribution < -0.4 is 4.73 Å². The molecule has 0 unspecified atom stereocenters. The lowest BCUT2D eigenvalue weighted by Crippen LogP contribution is -2.27. The SMILES string of the molecule is O[n+]1ccc2ccc(Br)cc2c1. The number of fused-ring (bicyclic) bond motifs is 1. The minimum Gasteiger partial charge on any atom is -0.285 e. The van der Waals surface area contributed by atoms with E-state index in [9.17, 15) is 0 Å². The summed E-state index contributed by atoms with van der Waals surface area (Å²) < 4.78 is 2.07. The van der Waals surface area contributed by atoms with Crippen LogP contribution in [0.5, 0.6) is 0 Å². The molecule has 0 amide bonds. The first-order chi connectivity index (χ1) is 5.75. The van der Waals surface area contributed by atoms with Gasteiger partial charge in [-0.2, -0.15) is 0 Å². The molecular formula is C9H7BrNO+. The fourth-order valence-electron chi connectivity index (χ4n) is 1.15. The van der Waals surface area contributed by atoms with Gasteiger partial charge in [-0.3, -0.25) is 5.21 Å². The van der Waals surface area contributed by atoms with Crippen molar-refractivity contribution >= 4 is 26.7 Å². The van der Waals surface area contributed by atoms with Gasteiger partial charge in [0, 0.05) is 15.3 Å². The lowest BCUT2D eigenvalue weighted by Gasteiger charge is -1.93. The number of pyridine rings is 1. The molecule has 60 valence electrons. The quantitative estimate of drug-likeness (QED) is 0.539. The summed E-state index contributed by atoms with van der Waals surface area (Å²) in [6.45, 7) is 0. The van der Waals surface area contributed by atoms with Crippen molar-refractivity contribution in [2.24, 2.45) is 0 Å². The van der Waals surface area contributed by atoms with Crippen molar-refractivity contribution in [3.63, 3.8) is 0 Å². The van der Waals surface area contributed by atoms with Crippen molar-refractivity contribution in [3.8, 4) is 0 Å². The van der Waals surface area contributed by atoms with Crippen LogP contribution in [0.3, 0.4) is 0 Å². The number of hydrogen-bond acceptors (Lipinski definition) is 1. The zero-order chi connectivity index (χ0) is 8.55. The Hall–Kier alpha value is -1.09. The molecule has 2 rings (SSSR count). The lowest BCUT2D eigenvalue weighted by atomic mass is 10.2. The maximum absolute atomic E-state index is 9.12. The summed E-state index contributed by atoms with van der Waals surface area (Å²) in [7, 11) is 0. The smallest absolute Gasteiger partial charge is 0.230 e. The Morgan fingerprint density at radius 1 is 1.17 bits per heavy atom. The highest BCUT2D eigenvalue weighted by Crippen LogP contribution is 2.17. The zero-order valence-electron chi connectivity index (χ0n) is 6.24. The Bertz CT molecular complexity index is 391. The van der Waals surface area contributed by atoms with Crippen molar-refractivity contribution in [2.75, 3.05) is 0 Å². The number of halogens is 1. The lowest BCUT2D eigenvalue weighted by molar-refractivity contribution is -0.903. The van der Waals surface area contributed by atoms with Crippen molar-refractivity contribution in [2.45, 2.75) is 0 Å². The van der Waals surface area contributed by atoms with Gasteiger partial charge in [-0.05, 0) is 17.5 Å². The largest absolute Gasteiger partial charge is 0.285 e. The molecule has 0 fully saturated rings. The maximum Gasteiger partial charge on any atom is 0.230 e. The minimum absolute atomic E-state index is 1.01. The van der Waals surface area contributed by atoms with Crippen LogP contribution in [0.25, 0.3) is 10.8 Å². The first kappa shape index (κ1) is 7.55. The third-order valence-corrected chi connectivity index (χ3v) is 2.22. The summed E-state index contributed by atoms with van der Waals surface area (Å²) in [6.07, 6.45) is 3.27. The fraction of sp³-hybridized carbons (Fsp3) is 0. The molecular weight excluding hydrogens is 218 g/mol. The standard InChI is InChI=1S/C9H7BrNO/c10-9-2-1-7-3-4-11(12)6-8(7)5-9/h1-6,12H/q+1. The van der Waals surface area contributed by atoms with Crippen molar-refractivity contribution < 1.29 is 9.94 Å². The predicted molar refractivity (Wildman–Crippen MR) is 49.0 cm³/mol. The molecule has 1 heterocycles. The van der Waals surface area contributed by atoms with Crippen LogP contribution in [0, 0.1) is 0 Å². The normalized spacial score (nSPS) is 10.4. The molecule has 2 nitrogen and oxygen atoms in total. The van der Waals surface area contributed by atoms with E-state index in [0.717, 1.165) is 20.0 Å². The van der Waals surface area contributed by atoms with Gasteiger partial charge < -0.3 is 0 Å². The van der Waals surface area contributed by atoms with Crippen molar-refractivity contribution in [1.29, 1.82) is 0 Å². The fourth-order valence-corrected chi connectivity index (χ4v) is 1.53. The van der Waals surface area contributed by atoms with Crippen LogP contribution in [-0.2, 0) is 0 Å². The number of rotatable bonds is 0. The van der Waals surface area contributed by atoms with Crippen LogP contribution in [-0.4, -0.2) is 5.21 Å². The highest BCUT2D eigenvalue weighted by molar-refractivity contribution is 9.10. The van der Waals surface area contributed by atoms with Crippen LogP contribution in [0.4, 0.5) is 0 Å². The van der Waals surface area contributed by atoms with Crippen molar-refractivity contribution in [3.05, 3.63) is 41.1 Å². The Morgan fingerprint density at radius 3 is 2.83 bits per heavy atom. The van der Waals surface area contributed by atoms with Gasteiger partial charge in [0.2, 0.25) is 12.4 Å². The number of hydrogen-bond donors (Lipinski definition) is 1. The summed E-state index contributed by atoms with van der Waals surface area (Å²) in [5.41, 5.74) is 0. The highest BCUT2D eigenvalue weighted by atomic mass is 79.9. The van der Waals surface area contributed by atoms with E-state index in [1.54, 1.807) is 12.4 Å². The second-order valence-corrected chi connectivity index (χ2v) is 3.51. The molecule has 0 atom stereocenters. The van der Waals surface area contributed by atoms with Crippen LogP contribution in [0.15, 0.2) is 41.1 Å². The van der Waals surface area contributed by atoms with Gasteiger partial charge in [-0.15, -0.1) is 0 Å². The monoisotopic (exact) mass is 224 g/mol.